The monoisotopic (exact) mass is 305 g/mol. The minimum atomic E-state index is -4.24. The lowest BCUT2D eigenvalue weighted by Gasteiger charge is -2.27. The van der Waals surface area contributed by atoms with E-state index in [0.29, 0.717) is 5.75 Å². The average Bonchev–Trinajstić information content (AvgIpc) is 2.36. The van der Waals surface area contributed by atoms with Crippen molar-refractivity contribution in [1.82, 2.24) is 4.90 Å². The first-order valence-corrected chi connectivity index (χ1v) is 6.46. The molecule has 1 N–H and O–H groups in total. The highest BCUT2D eigenvalue weighted by Crippen LogP contribution is 2.18. The van der Waals surface area contributed by atoms with Gasteiger partial charge >= 0.3 is 12.1 Å². The molecule has 0 saturated heterocycles. The molecule has 1 aromatic carbocycles. The molecule has 0 amide bonds. The summed E-state index contributed by atoms with van der Waals surface area (Å²) < 4.78 is 42.5. The van der Waals surface area contributed by atoms with Crippen LogP contribution in [-0.4, -0.2) is 47.9 Å². The second-order valence-electron chi connectivity index (χ2n) is 4.86. The van der Waals surface area contributed by atoms with Crippen LogP contribution in [0.3, 0.4) is 0 Å². The Morgan fingerprint density at radius 3 is 2.29 bits per heavy atom. The molecule has 1 aromatic rings. The van der Waals surface area contributed by atoms with Crippen LogP contribution in [0.5, 0.6) is 5.75 Å². The number of rotatable bonds is 7. The van der Waals surface area contributed by atoms with Crippen LogP contribution < -0.4 is 4.74 Å². The molecular weight excluding hydrogens is 287 g/mol. The van der Waals surface area contributed by atoms with Crippen molar-refractivity contribution in [3.63, 3.8) is 0 Å². The molecule has 0 spiro atoms. The first-order chi connectivity index (χ1) is 9.69. The van der Waals surface area contributed by atoms with Gasteiger partial charge in [-0.3, -0.25) is 4.90 Å². The first-order valence-electron chi connectivity index (χ1n) is 6.46. The van der Waals surface area contributed by atoms with E-state index in [1.54, 1.807) is 13.8 Å². The molecule has 1 rings (SSSR count). The van der Waals surface area contributed by atoms with E-state index in [1.165, 1.54) is 29.2 Å². The molecule has 0 bridgehead atoms. The molecule has 0 aliphatic rings. The fourth-order valence-electron chi connectivity index (χ4n) is 1.72. The number of hydrogen-bond acceptors (Lipinski definition) is 3. The SMILES string of the molecule is CC(C)N(CCOc1ccc(C(=O)O)cc1)CC(F)(F)F. The summed E-state index contributed by atoms with van der Waals surface area (Å²) in [5.74, 6) is -0.617. The highest BCUT2D eigenvalue weighted by molar-refractivity contribution is 5.87. The topological polar surface area (TPSA) is 49.8 Å². The molecule has 0 unspecified atom stereocenters. The van der Waals surface area contributed by atoms with E-state index in [-0.39, 0.29) is 24.8 Å². The number of carboxylic acids is 1. The predicted molar refractivity (Wildman–Crippen MR) is 71.7 cm³/mol. The maximum absolute atomic E-state index is 12.4. The third-order valence-corrected chi connectivity index (χ3v) is 2.86. The quantitative estimate of drug-likeness (QED) is 0.841. The Labute approximate surface area is 121 Å². The number of benzene rings is 1. The van der Waals surface area contributed by atoms with Gasteiger partial charge in [-0.1, -0.05) is 0 Å². The van der Waals surface area contributed by atoms with E-state index >= 15 is 0 Å². The van der Waals surface area contributed by atoms with Crippen LogP contribution in [-0.2, 0) is 0 Å². The zero-order valence-corrected chi connectivity index (χ0v) is 11.9. The van der Waals surface area contributed by atoms with Crippen LogP contribution in [0.25, 0.3) is 0 Å². The average molecular weight is 305 g/mol. The van der Waals surface area contributed by atoms with Crippen molar-refractivity contribution in [3.8, 4) is 5.75 Å². The van der Waals surface area contributed by atoms with Gasteiger partial charge in [-0.15, -0.1) is 0 Å². The van der Waals surface area contributed by atoms with E-state index in [4.69, 9.17) is 9.84 Å². The van der Waals surface area contributed by atoms with Gasteiger partial charge in [0, 0.05) is 12.6 Å². The highest BCUT2D eigenvalue weighted by Gasteiger charge is 2.31. The van der Waals surface area contributed by atoms with E-state index in [9.17, 15) is 18.0 Å². The van der Waals surface area contributed by atoms with Crippen LogP contribution in [0, 0.1) is 0 Å². The third kappa shape index (κ3) is 6.48. The maximum atomic E-state index is 12.4. The molecule has 0 aliphatic carbocycles. The highest BCUT2D eigenvalue weighted by atomic mass is 19.4. The zero-order valence-electron chi connectivity index (χ0n) is 11.9. The smallest absolute Gasteiger partial charge is 0.401 e. The fraction of sp³-hybridized carbons (Fsp3) is 0.500. The van der Waals surface area contributed by atoms with Crippen LogP contribution in [0.2, 0.25) is 0 Å². The Kier molecular flexibility index (Phi) is 6.02. The molecule has 0 heterocycles. The summed E-state index contributed by atoms with van der Waals surface area (Å²) in [6.45, 7) is 2.63. The second-order valence-corrected chi connectivity index (χ2v) is 4.86. The lowest BCUT2D eigenvalue weighted by atomic mass is 10.2. The van der Waals surface area contributed by atoms with Crippen molar-refractivity contribution in [3.05, 3.63) is 29.8 Å². The predicted octanol–water partition coefficient (Wildman–Crippen LogP) is 3.04. The minimum Gasteiger partial charge on any atom is -0.492 e. The Morgan fingerprint density at radius 1 is 1.29 bits per heavy atom. The summed E-state index contributed by atoms with van der Waals surface area (Å²) in [7, 11) is 0. The molecule has 0 aromatic heterocycles. The van der Waals surface area contributed by atoms with E-state index < -0.39 is 18.7 Å². The van der Waals surface area contributed by atoms with Gasteiger partial charge in [-0.2, -0.15) is 13.2 Å². The normalized spacial score (nSPS) is 12.0. The Hall–Kier alpha value is -1.76. The van der Waals surface area contributed by atoms with Gasteiger partial charge in [0.15, 0.2) is 0 Å². The van der Waals surface area contributed by atoms with Crippen LogP contribution in [0.15, 0.2) is 24.3 Å². The van der Waals surface area contributed by atoms with Gasteiger partial charge in [-0.25, -0.2) is 4.79 Å². The molecule has 0 saturated carbocycles. The number of carbonyl (C=O) groups is 1. The fourth-order valence-corrected chi connectivity index (χ4v) is 1.72. The number of alkyl halides is 3. The number of carboxylic acid groups (broad SMARTS) is 1. The molecule has 7 heteroatoms. The molecule has 118 valence electrons. The molecule has 0 fully saturated rings. The lowest BCUT2D eigenvalue weighted by molar-refractivity contribution is -0.150. The molecule has 0 radical (unpaired) electrons. The summed E-state index contributed by atoms with van der Waals surface area (Å²) in [6, 6.07) is 5.48. The zero-order chi connectivity index (χ0) is 16.0. The molecule has 21 heavy (non-hydrogen) atoms. The third-order valence-electron chi connectivity index (χ3n) is 2.86. The Balaban J connectivity index is 2.48. The van der Waals surface area contributed by atoms with E-state index in [1.807, 2.05) is 0 Å². The largest absolute Gasteiger partial charge is 0.492 e. The van der Waals surface area contributed by atoms with E-state index in [2.05, 4.69) is 0 Å². The van der Waals surface area contributed by atoms with Crippen LogP contribution >= 0.6 is 0 Å². The van der Waals surface area contributed by atoms with E-state index in [0.717, 1.165) is 0 Å². The van der Waals surface area contributed by atoms with Crippen molar-refractivity contribution in [2.24, 2.45) is 0 Å². The second kappa shape index (κ2) is 7.31. The molecule has 0 atom stereocenters. The van der Waals surface area contributed by atoms with Gasteiger partial charge in [0.25, 0.3) is 0 Å². The summed E-state index contributed by atoms with van der Waals surface area (Å²) in [5, 5.41) is 8.74. The van der Waals surface area contributed by atoms with Gasteiger partial charge in [0.1, 0.15) is 12.4 Å². The first kappa shape index (κ1) is 17.3. The summed E-state index contributed by atoms with van der Waals surface area (Å²) in [5.41, 5.74) is 0.128. The molecule has 0 aliphatic heterocycles. The summed E-state index contributed by atoms with van der Waals surface area (Å²) in [6.07, 6.45) is -4.24. The molecular formula is C14H18F3NO3. The van der Waals surface area contributed by atoms with Crippen molar-refractivity contribution in [1.29, 1.82) is 0 Å². The Bertz CT molecular complexity index is 458. The van der Waals surface area contributed by atoms with Crippen LogP contribution in [0.1, 0.15) is 24.2 Å². The Morgan fingerprint density at radius 2 is 1.86 bits per heavy atom. The van der Waals surface area contributed by atoms with Gasteiger partial charge < -0.3 is 9.84 Å². The van der Waals surface area contributed by atoms with Crippen molar-refractivity contribution in [2.75, 3.05) is 19.7 Å². The number of aromatic carboxylic acids is 1. The van der Waals surface area contributed by atoms with Crippen molar-refractivity contribution >= 4 is 5.97 Å². The number of ether oxygens (including phenoxy) is 1. The minimum absolute atomic E-state index is 0.0979. The standard InChI is InChI=1S/C14H18F3NO3/c1-10(2)18(9-14(15,16)17)7-8-21-12-5-3-11(4-6-12)13(19)20/h3-6,10H,7-9H2,1-2H3,(H,19,20). The van der Waals surface area contributed by atoms with Gasteiger partial charge in [0.2, 0.25) is 0 Å². The maximum Gasteiger partial charge on any atom is 0.401 e. The lowest BCUT2D eigenvalue weighted by Crippen LogP contribution is -2.41. The van der Waals surface area contributed by atoms with Crippen LogP contribution in [0.4, 0.5) is 13.2 Å². The van der Waals surface area contributed by atoms with Crippen molar-refractivity contribution in [2.45, 2.75) is 26.1 Å². The molecule has 4 nitrogen and oxygen atoms in total. The number of hydrogen-bond donors (Lipinski definition) is 1. The summed E-state index contributed by atoms with van der Waals surface area (Å²) in [4.78, 5) is 11.9. The van der Waals surface area contributed by atoms with Crippen molar-refractivity contribution < 1.29 is 27.8 Å². The van der Waals surface area contributed by atoms with Gasteiger partial charge in [0.05, 0.1) is 12.1 Å². The number of nitrogens with zero attached hydrogens (tertiary/aromatic N) is 1. The summed E-state index contributed by atoms with van der Waals surface area (Å²) >= 11 is 0. The number of halogens is 3. The van der Waals surface area contributed by atoms with Gasteiger partial charge in [-0.05, 0) is 38.1 Å².